The molecule has 1 aromatic rings. The van der Waals surface area contributed by atoms with Crippen molar-refractivity contribution in [1.82, 2.24) is 0 Å². The fraction of sp³-hybridized carbons (Fsp3) is 0.222. The third kappa shape index (κ3) is 2.99. The molecule has 0 aromatic heterocycles. The summed E-state index contributed by atoms with van der Waals surface area (Å²) in [6, 6.07) is 0.339. The van der Waals surface area contributed by atoms with Crippen LogP contribution < -0.4 is 0 Å². The molecular weight excluding hydrogens is 265 g/mol. The molecule has 0 radical (unpaired) electrons. The highest BCUT2D eigenvalue weighted by Gasteiger charge is 2.38. The van der Waals surface area contributed by atoms with Gasteiger partial charge in [0.25, 0.3) is 0 Å². The Balaban J connectivity index is 3.10. The summed E-state index contributed by atoms with van der Waals surface area (Å²) in [6.07, 6.45) is -6.59. The van der Waals surface area contributed by atoms with Crippen molar-refractivity contribution in [2.75, 3.05) is 0 Å². The Kier molecular flexibility index (Phi) is 3.63. The first kappa shape index (κ1) is 14.0. The van der Waals surface area contributed by atoms with Crippen LogP contribution in [0.15, 0.2) is 12.1 Å². The Labute approximate surface area is 96.2 Å². The van der Waals surface area contributed by atoms with Gasteiger partial charge in [-0.3, -0.25) is 14.9 Å². The largest absolute Gasteiger partial charge is 0.450 e. The fourth-order valence-electron chi connectivity index (χ4n) is 1.13. The van der Waals surface area contributed by atoms with E-state index in [1.54, 1.807) is 0 Å². The molecule has 0 atom stereocenters. The van der Waals surface area contributed by atoms with Crippen LogP contribution in [0.25, 0.3) is 0 Å². The first-order valence-electron chi connectivity index (χ1n) is 4.35. The van der Waals surface area contributed by atoms with Crippen LogP contribution >= 0.6 is 0 Å². The minimum absolute atomic E-state index is 0.133. The quantitative estimate of drug-likeness (QED) is 0.481. The van der Waals surface area contributed by atoms with Crippen molar-refractivity contribution >= 4 is 11.5 Å². The zero-order chi connectivity index (χ0) is 14.1. The van der Waals surface area contributed by atoms with Crippen LogP contribution in [0.4, 0.5) is 27.6 Å². The number of halogens is 5. The van der Waals surface area contributed by atoms with Crippen LogP contribution in [0.1, 0.15) is 5.56 Å². The van der Waals surface area contributed by atoms with Gasteiger partial charge in [-0.1, -0.05) is 0 Å². The zero-order valence-electron chi connectivity index (χ0n) is 8.42. The predicted octanol–water partition coefficient (Wildman–Crippen LogP) is 2.55. The van der Waals surface area contributed by atoms with E-state index in [1.807, 2.05) is 0 Å². The maximum atomic E-state index is 13.1. The van der Waals surface area contributed by atoms with Gasteiger partial charge in [-0.25, -0.2) is 4.39 Å². The Morgan fingerprint density at radius 3 is 2.22 bits per heavy atom. The number of carbonyl (C=O) groups excluding carboxylic acids is 1. The molecule has 0 aliphatic rings. The lowest BCUT2D eigenvalue weighted by Gasteiger charge is -2.06. The van der Waals surface area contributed by atoms with E-state index < -0.39 is 46.2 Å². The van der Waals surface area contributed by atoms with Crippen molar-refractivity contribution in [3.8, 4) is 0 Å². The smallest absolute Gasteiger partial charge is 0.289 e. The summed E-state index contributed by atoms with van der Waals surface area (Å²) >= 11 is 0. The molecule has 0 aliphatic carbocycles. The third-order valence-corrected chi connectivity index (χ3v) is 1.98. The van der Waals surface area contributed by atoms with Gasteiger partial charge in [0.2, 0.25) is 11.6 Å². The van der Waals surface area contributed by atoms with Crippen LogP contribution in [0.2, 0.25) is 0 Å². The highest BCUT2D eigenvalue weighted by Crippen LogP contribution is 2.24. The SMILES string of the molecule is O=C(Cc1cc(F)c([N+](=O)[O-])cc1F)C(F)(F)F. The number of hydrogen-bond donors (Lipinski definition) is 0. The third-order valence-electron chi connectivity index (χ3n) is 1.98. The number of nitro benzene ring substituents is 1. The second-order valence-electron chi connectivity index (χ2n) is 3.25. The molecule has 0 amide bonds. The monoisotopic (exact) mass is 269 g/mol. The van der Waals surface area contributed by atoms with E-state index in [0.717, 1.165) is 0 Å². The molecule has 0 saturated heterocycles. The van der Waals surface area contributed by atoms with Crippen LogP contribution in [0.5, 0.6) is 0 Å². The molecule has 98 valence electrons. The number of ketones is 1. The van der Waals surface area contributed by atoms with E-state index in [-0.39, 0.29) is 12.1 Å². The van der Waals surface area contributed by atoms with Gasteiger partial charge >= 0.3 is 11.9 Å². The molecule has 0 heterocycles. The minimum Gasteiger partial charge on any atom is -0.289 e. The van der Waals surface area contributed by atoms with Gasteiger partial charge in [0.05, 0.1) is 11.0 Å². The number of Topliss-reactive ketones (excluding diaryl/α,β-unsaturated/α-hetero) is 1. The van der Waals surface area contributed by atoms with E-state index in [0.29, 0.717) is 0 Å². The van der Waals surface area contributed by atoms with Gasteiger partial charge in [-0.05, 0) is 11.6 Å². The molecule has 0 fully saturated rings. The predicted molar refractivity (Wildman–Crippen MR) is 47.8 cm³/mol. The number of carbonyl (C=O) groups is 1. The lowest BCUT2D eigenvalue weighted by molar-refractivity contribution is -0.387. The first-order valence-corrected chi connectivity index (χ1v) is 4.35. The lowest BCUT2D eigenvalue weighted by atomic mass is 10.1. The van der Waals surface area contributed by atoms with E-state index in [2.05, 4.69) is 0 Å². The average molecular weight is 269 g/mol. The molecule has 9 heteroatoms. The van der Waals surface area contributed by atoms with Crippen molar-refractivity contribution in [3.63, 3.8) is 0 Å². The number of benzene rings is 1. The highest BCUT2D eigenvalue weighted by molar-refractivity contribution is 5.86. The summed E-state index contributed by atoms with van der Waals surface area (Å²) in [5.41, 5.74) is -2.10. The van der Waals surface area contributed by atoms with Crippen molar-refractivity contribution in [3.05, 3.63) is 39.4 Å². The maximum Gasteiger partial charge on any atom is 0.450 e. The topological polar surface area (TPSA) is 60.2 Å². The summed E-state index contributed by atoms with van der Waals surface area (Å²) in [4.78, 5) is 19.6. The highest BCUT2D eigenvalue weighted by atomic mass is 19.4. The molecule has 0 unspecified atom stereocenters. The molecule has 18 heavy (non-hydrogen) atoms. The molecule has 0 N–H and O–H groups in total. The second-order valence-corrected chi connectivity index (χ2v) is 3.25. The molecule has 4 nitrogen and oxygen atoms in total. The molecule has 0 aliphatic heterocycles. The molecule has 0 bridgehead atoms. The van der Waals surface area contributed by atoms with Crippen LogP contribution in [-0.4, -0.2) is 16.9 Å². The lowest BCUT2D eigenvalue weighted by Crippen LogP contribution is -2.25. The molecular formula is C9H4F5NO3. The molecule has 1 aromatic carbocycles. The van der Waals surface area contributed by atoms with E-state index in [1.165, 1.54) is 0 Å². The number of nitro groups is 1. The van der Waals surface area contributed by atoms with Crippen LogP contribution in [-0.2, 0) is 11.2 Å². The fourth-order valence-corrected chi connectivity index (χ4v) is 1.13. The van der Waals surface area contributed by atoms with Gasteiger partial charge in [-0.15, -0.1) is 0 Å². The summed E-state index contributed by atoms with van der Waals surface area (Å²) in [7, 11) is 0. The standard InChI is InChI=1S/C9H4F5NO3/c10-5-3-7(15(17)18)6(11)1-4(5)2-8(16)9(12,13)14/h1,3H,2H2. The van der Waals surface area contributed by atoms with Gasteiger partial charge in [0.1, 0.15) is 5.82 Å². The van der Waals surface area contributed by atoms with E-state index in [9.17, 15) is 36.9 Å². The van der Waals surface area contributed by atoms with Crippen molar-refractivity contribution in [1.29, 1.82) is 0 Å². The zero-order valence-corrected chi connectivity index (χ0v) is 8.42. The maximum absolute atomic E-state index is 13.1. The van der Waals surface area contributed by atoms with Gasteiger partial charge in [0, 0.05) is 6.42 Å². The molecule has 0 spiro atoms. The van der Waals surface area contributed by atoms with Crippen molar-refractivity contribution in [2.45, 2.75) is 12.6 Å². The Hall–Kier alpha value is -2.06. The van der Waals surface area contributed by atoms with Gasteiger partial charge in [-0.2, -0.15) is 17.6 Å². The summed E-state index contributed by atoms with van der Waals surface area (Å²) in [5, 5.41) is 10.2. The van der Waals surface area contributed by atoms with E-state index in [4.69, 9.17) is 0 Å². The summed E-state index contributed by atoms with van der Waals surface area (Å²) in [5.74, 6) is -5.22. The molecule has 1 rings (SSSR count). The van der Waals surface area contributed by atoms with Gasteiger partial charge < -0.3 is 0 Å². The average Bonchev–Trinajstić information content (AvgIpc) is 2.21. The van der Waals surface area contributed by atoms with Gasteiger partial charge in [0.15, 0.2) is 0 Å². The number of rotatable bonds is 3. The number of alkyl halides is 3. The summed E-state index contributed by atoms with van der Waals surface area (Å²) < 4.78 is 61.9. The van der Waals surface area contributed by atoms with Crippen LogP contribution in [0.3, 0.4) is 0 Å². The Morgan fingerprint density at radius 2 is 1.78 bits per heavy atom. The van der Waals surface area contributed by atoms with Crippen molar-refractivity contribution < 1.29 is 31.7 Å². The van der Waals surface area contributed by atoms with Crippen LogP contribution in [0, 0.1) is 21.7 Å². The van der Waals surface area contributed by atoms with E-state index >= 15 is 0 Å². The first-order chi connectivity index (χ1) is 8.12. The normalized spacial score (nSPS) is 11.4. The minimum atomic E-state index is -5.18. The number of hydrogen-bond acceptors (Lipinski definition) is 3. The Morgan fingerprint density at radius 1 is 1.22 bits per heavy atom. The molecule has 0 saturated carbocycles. The Bertz CT molecular complexity index is 512. The second kappa shape index (κ2) is 4.67. The number of nitrogens with zero attached hydrogens (tertiary/aromatic N) is 1. The summed E-state index contributed by atoms with van der Waals surface area (Å²) in [6.45, 7) is 0. The van der Waals surface area contributed by atoms with Crippen molar-refractivity contribution in [2.24, 2.45) is 0 Å².